The Balaban J connectivity index is 1.56. The van der Waals surface area contributed by atoms with E-state index in [-0.39, 0.29) is 11.9 Å². The molecule has 1 amide bonds. The molecular weight excluding hydrogens is 266 g/mol. The molecule has 2 aromatic heterocycles. The number of aromatic nitrogens is 1. The summed E-state index contributed by atoms with van der Waals surface area (Å²) in [6.45, 7) is 5.20. The minimum atomic E-state index is -0.0695. The summed E-state index contributed by atoms with van der Waals surface area (Å²) < 4.78 is 5.37. The summed E-state index contributed by atoms with van der Waals surface area (Å²) in [7, 11) is 0. The van der Waals surface area contributed by atoms with Crippen LogP contribution >= 0.6 is 0 Å². The lowest BCUT2D eigenvalue weighted by Gasteiger charge is -2.44. The van der Waals surface area contributed by atoms with Crippen molar-refractivity contribution in [3.63, 3.8) is 0 Å². The molecular formula is C16H19N3O2. The van der Waals surface area contributed by atoms with Gasteiger partial charge >= 0.3 is 0 Å². The lowest BCUT2D eigenvalue weighted by molar-refractivity contribution is 0.0618. The van der Waals surface area contributed by atoms with Gasteiger partial charge in [-0.05, 0) is 50.9 Å². The van der Waals surface area contributed by atoms with Gasteiger partial charge < -0.3 is 14.6 Å². The first-order chi connectivity index (χ1) is 10.2. The van der Waals surface area contributed by atoms with E-state index in [1.165, 1.54) is 25.9 Å². The van der Waals surface area contributed by atoms with Crippen molar-refractivity contribution in [2.45, 2.75) is 25.8 Å². The second-order valence-corrected chi connectivity index (χ2v) is 6.15. The lowest BCUT2D eigenvalue weighted by atomic mass is 9.84. The Kier molecular flexibility index (Phi) is 2.96. The Labute approximate surface area is 123 Å². The van der Waals surface area contributed by atoms with Crippen molar-refractivity contribution in [3.05, 3.63) is 29.8 Å². The minimum absolute atomic E-state index is 0.0695. The first-order valence-electron chi connectivity index (χ1n) is 7.59. The van der Waals surface area contributed by atoms with Crippen molar-refractivity contribution < 1.29 is 9.21 Å². The van der Waals surface area contributed by atoms with Crippen molar-refractivity contribution >= 4 is 16.9 Å². The maximum Gasteiger partial charge on any atom is 0.270 e. The number of rotatable bonds is 2. The second kappa shape index (κ2) is 4.84. The molecule has 110 valence electrons. The van der Waals surface area contributed by atoms with Gasteiger partial charge in [-0.1, -0.05) is 0 Å². The summed E-state index contributed by atoms with van der Waals surface area (Å²) in [6, 6.07) is 3.94. The third kappa shape index (κ3) is 2.21. The van der Waals surface area contributed by atoms with Crippen LogP contribution in [0.2, 0.25) is 0 Å². The normalized spacial score (nSPS) is 28.0. The highest BCUT2D eigenvalue weighted by Gasteiger charge is 2.35. The SMILES string of the molecule is Cc1nc(C(=O)NC2CN3CCC2CC3)cc2ccoc12. The smallest absolute Gasteiger partial charge is 0.270 e. The number of hydrogen-bond donors (Lipinski definition) is 1. The molecule has 3 fully saturated rings. The fourth-order valence-corrected chi connectivity index (χ4v) is 3.63. The topological polar surface area (TPSA) is 58.4 Å². The van der Waals surface area contributed by atoms with Crippen molar-refractivity contribution in [3.8, 4) is 0 Å². The fraction of sp³-hybridized carbons (Fsp3) is 0.500. The molecule has 0 aromatic carbocycles. The van der Waals surface area contributed by atoms with Crippen LogP contribution in [0.15, 0.2) is 22.8 Å². The molecule has 5 heterocycles. The van der Waals surface area contributed by atoms with E-state index >= 15 is 0 Å². The second-order valence-electron chi connectivity index (χ2n) is 6.15. The Bertz CT molecular complexity index is 686. The average Bonchev–Trinajstić information content (AvgIpc) is 2.97. The van der Waals surface area contributed by atoms with Crippen LogP contribution in [-0.4, -0.2) is 41.5 Å². The number of fused-ring (bicyclic) bond motifs is 4. The summed E-state index contributed by atoms with van der Waals surface area (Å²) >= 11 is 0. The number of pyridine rings is 1. The number of piperidine rings is 3. The molecule has 1 unspecified atom stereocenters. The van der Waals surface area contributed by atoms with E-state index in [9.17, 15) is 4.79 Å². The van der Waals surface area contributed by atoms with Gasteiger partial charge in [0.1, 0.15) is 5.69 Å². The highest BCUT2D eigenvalue weighted by molar-refractivity contribution is 5.96. The van der Waals surface area contributed by atoms with Crippen molar-refractivity contribution in [1.29, 1.82) is 0 Å². The number of carbonyl (C=O) groups is 1. The summed E-state index contributed by atoms with van der Waals surface area (Å²) in [5.74, 6) is 0.553. The number of nitrogens with one attached hydrogen (secondary N) is 1. The molecule has 0 radical (unpaired) electrons. The minimum Gasteiger partial charge on any atom is -0.462 e. The maximum absolute atomic E-state index is 12.5. The number of nitrogens with zero attached hydrogens (tertiary/aromatic N) is 2. The van der Waals surface area contributed by atoms with Crippen LogP contribution in [0.1, 0.15) is 29.0 Å². The van der Waals surface area contributed by atoms with Crippen LogP contribution in [0.5, 0.6) is 0 Å². The predicted octanol–water partition coefficient (Wildman–Crippen LogP) is 1.96. The van der Waals surface area contributed by atoms with Gasteiger partial charge in [-0.3, -0.25) is 4.79 Å². The van der Waals surface area contributed by atoms with Gasteiger partial charge in [-0.15, -0.1) is 0 Å². The molecule has 0 saturated carbocycles. The molecule has 5 nitrogen and oxygen atoms in total. The van der Waals surface area contributed by atoms with Gasteiger partial charge in [0.15, 0.2) is 5.58 Å². The Morgan fingerprint density at radius 2 is 2.24 bits per heavy atom. The van der Waals surface area contributed by atoms with E-state index in [0.717, 1.165) is 23.2 Å². The van der Waals surface area contributed by atoms with E-state index < -0.39 is 0 Å². The first-order valence-corrected chi connectivity index (χ1v) is 7.59. The zero-order chi connectivity index (χ0) is 14.4. The first kappa shape index (κ1) is 12.8. The zero-order valence-electron chi connectivity index (χ0n) is 12.1. The molecule has 2 aromatic rings. The van der Waals surface area contributed by atoms with Crippen molar-refractivity contribution in [2.75, 3.05) is 19.6 Å². The summed E-state index contributed by atoms with van der Waals surface area (Å²) in [4.78, 5) is 19.3. The molecule has 3 saturated heterocycles. The highest BCUT2D eigenvalue weighted by Crippen LogP contribution is 2.27. The molecule has 0 aliphatic carbocycles. The molecule has 1 atom stereocenters. The van der Waals surface area contributed by atoms with Crippen molar-refractivity contribution in [2.24, 2.45) is 5.92 Å². The summed E-state index contributed by atoms with van der Waals surface area (Å²) in [6.07, 6.45) is 4.02. The van der Waals surface area contributed by atoms with E-state index in [2.05, 4.69) is 15.2 Å². The van der Waals surface area contributed by atoms with E-state index in [1.807, 2.05) is 19.1 Å². The van der Waals surface area contributed by atoms with Gasteiger partial charge in [0.2, 0.25) is 0 Å². The number of furan rings is 1. The average molecular weight is 285 g/mol. The van der Waals surface area contributed by atoms with Crippen LogP contribution in [0.25, 0.3) is 11.0 Å². The highest BCUT2D eigenvalue weighted by atomic mass is 16.3. The van der Waals surface area contributed by atoms with E-state index in [0.29, 0.717) is 11.6 Å². The molecule has 3 aliphatic heterocycles. The molecule has 0 spiro atoms. The molecule has 3 aliphatic rings. The van der Waals surface area contributed by atoms with Crippen LogP contribution < -0.4 is 5.32 Å². The van der Waals surface area contributed by atoms with Crippen LogP contribution in [0, 0.1) is 12.8 Å². The summed E-state index contributed by atoms with van der Waals surface area (Å²) in [5, 5.41) is 4.11. The standard InChI is InChI=1S/C16H19N3O2/c1-10-15-12(4-7-21-15)8-13(17-10)16(20)18-14-9-19-5-2-11(14)3-6-19/h4,7-8,11,14H,2-3,5-6,9H2,1H3,(H,18,20). The van der Waals surface area contributed by atoms with Crippen LogP contribution in [0.3, 0.4) is 0 Å². The number of carbonyl (C=O) groups excluding carboxylic acids is 1. The van der Waals surface area contributed by atoms with Gasteiger partial charge in [0, 0.05) is 18.0 Å². The van der Waals surface area contributed by atoms with Gasteiger partial charge in [-0.2, -0.15) is 0 Å². The molecule has 1 N–H and O–H groups in total. The number of aryl methyl sites for hydroxylation is 1. The fourth-order valence-electron chi connectivity index (χ4n) is 3.63. The van der Waals surface area contributed by atoms with Crippen LogP contribution in [0.4, 0.5) is 0 Å². The quantitative estimate of drug-likeness (QED) is 0.916. The Morgan fingerprint density at radius 3 is 2.95 bits per heavy atom. The van der Waals surface area contributed by atoms with Gasteiger partial charge in [0.05, 0.1) is 12.0 Å². The molecule has 5 rings (SSSR count). The lowest BCUT2D eigenvalue weighted by Crippen LogP contribution is -2.57. The third-order valence-electron chi connectivity index (χ3n) is 4.81. The third-order valence-corrected chi connectivity index (χ3v) is 4.81. The van der Waals surface area contributed by atoms with Gasteiger partial charge in [-0.25, -0.2) is 4.98 Å². The zero-order valence-corrected chi connectivity index (χ0v) is 12.1. The van der Waals surface area contributed by atoms with E-state index in [1.54, 1.807) is 6.26 Å². The summed E-state index contributed by atoms with van der Waals surface area (Å²) in [5.41, 5.74) is 2.00. The maximum atomic E-state index is 12.5. The largest absolute Gasteiger partial charge is 0.462 e. The molecule has 5 heteroatoms. The predicted molar refractivity (Wildman–Crippen MR) is 79.2 cm³/mol. The number of amides is 1. The molecule has 21 heavy (non-hydrogen) atoms. The molecule has 2 bridgehead atoms. The van der Waals surface area contributed by atoms with Crippen LogP contribution in [-0.2, 0) is 0 Å². The Hall–Kier alpha value is -1.88. The van der Waals surface area contributed by atoms with Crippen molar-refractivity contribution in [1.82, 2.24) is 15.2 Å². The van der Waals surface area contributed by atoms with E-state index in [4.69, 9.17) is 4.42 Å². The Morgan fingerprint density at radius 1 is 1.43 bits per heavy atom. The van der Waals surface area contributed by atoms with Gasteiger partial charge in [0.25, 0.3) is 5.91 Å². The monoisotopic (exact) mass is 285 g/mol. The number of hydrogen-bond acceptors (Lipinski definition) is 4.